The number of nitrogens with two attached hydrogens (primary N) is 1. The molecule has 2 aromatic rings. The van der Waals surface area contributed by atoms with E-state index < -0.39 is 5.91 Å². The quantitative estimate of drug-likeness (QED) is 0.566. The zero-order chi connectivity index (χ0) is 18.8. The molecule has 2 aromatic carbocycles. The van der Waals surface area contributed by atoms with Crippen molar-refractivity contribution in [2.75, 3.05) is 37.0 Å². The molecule has 0 aliphatic carbocycles. The summed E-state index contributed by atoms with van der Waals surface area (Å²) in [6.45, 7) is 3.54. The van der Waals surface area contributed by atoms with Crippen molar-refractivity contribution in [3.8, 4) is 5.75 Å². The number of carbonyl (C=O) groups excluding carboxylic acids is 2. The van der Waals surface area contributed by atoms with Crippen LogP contribution in [0.3, 0.4) is 0 Å². The number of amides is 2. The van der Waals surface area contributed by atoms with E-state index in [1.807, 2.05) is 31.2 Å². The Morgan fingerprint density at radius 3 is 2.65 bits per heavy atom. The first-order valence-electron chi connectivity index (χ1n) is 8.33. The molecule has 4 N–H and O–H groups in total. The van der Waals surface area contributed by atoms with E-state index >= 15 is 0 Å². The van der Waals surface area contributed by atoms with Crippen LogP contribution in [-0.2, 0) is 9.53 Å². The fourth-order valence-corrected chi connectivity index (χ4v) is 2.22. The predicted molar refractivity (Wildman–Crippen MR) is 101 cm³/mol. The van der Waals surface area contributed by atoms with Crippen LogP contribution in [-0.4, -0.2) is 38.2 Å². The Kier molecular flexibility index (Phi) is 7.45. The van der Waals surface area contributed by atoms with E-state index in [-0.39, 0.29) is 12.5 Å². The number of primary amides is 1. The van der Waals surface area contributed by atoms with Crippen molar-refractivity contribution in [1.82, 2.24) is 0 Å². The Labute approximate surface area is 152 Å². The Morgan fingerprint density at radius 2 is 1.88 bits per heavy atom. The minimum absolute atomic E-state index is 0.0482. The van der Waals surface area contributed by atoms with Crippen LogP contribution in [0.5, 0.6) is 5.75 Å². The second-order valence-corrected chi connectivity index (χ2v) is 5.39. The molecule has 0 radical (unpaired) electrons. The zero-order valence-electron chi connectivity index (χ0n) is 14.7. The molecule has 26 heavy (non-hydrogen) atoms. The molecule has 0 atom stereocenters. The van der Waals surface area contributed by atoms with Gasteiger partial charge in [0.05, 0.1) is 18.8 Å². The SMILES string of the molecule is CCOCCOc1ccccc1NCC(=O)Nc1cccc(C(N)=O)c1. The molecule has 7 heteroatoms. The van der Waals surface area contributed by atoms with Gasteiger partial charge in [-0.05, 0) is 37.3 Å². The number of rotatable bonds is 10. The highest BCUT2D eigenvalue weighted by Gasteiger charge is 2.07. The van der Waals surface area contributed by atoms with E-state index in [0.717, 1.165) is 0 Å². The summed E-state index contributed by atoms with van der Waals surface area (Å²) in [6, 6.07) is 13.8. The highest BCUT2D eigenvalue weighted by Crippen LogP contribution is 2.23. The molecule has 0 saturated heterocycles. The molecule has 0 aliphatic heterocycles. The van der Waals surface area contributed by atoms with Gasteiger partial charge in [0.15, 0.2) is 0 Å². The smallest absolute Gasteiger partial charge is 0.248 e. The summed E-state index contributed by atoms with van der Waals surface area (Å²) >= 11 is 0. The molecule has 0 aromatic heterocycles. The number of benzene rings is 2. The third kappa shape index (κ3) is 6.10. The van der Waals surface area contributed by atoms with Crippen LogP contribution in [0.2, 0.25) is 0 Å². The van der Waals surface area contributed by atoms with Gasteiger partial charge in [0, 0.05) is 17.9 Å². The topological polar surface area (TPSA) is 103 Å². The van der Waals surface area contributed by atoms with E-state index in [0.29, 0.717) is 42.5 Å². The van der Waals surface area contributed by atoms with Crippen LogP contribution in [0, 0.1) is 0 Å². The fourth-order valence-electron chi connectivity index (χ4n) is 2.22. The molecule has 0 unspecified atom stereocenters. The third-order valence-corrected chi connectivity index (χ3v) is 3.45. The first-order valence-corrected chi connectivity index (χ1v) is 8.33. The molecule has 138 valence electrons. The Morgan fingerprint density at radius 1 is 1.08 bits per heavy atom. The minimum Gasteiger partial charge on any atom is -0.489 e. The number of nitrogens with one attached hydrogen (secondary N) is 2. The second-order valence-electron chi connectivity index (χ2n) is 5.39. The van der Waals surface area contributed by atoms with Crippen molar-refractivity contribution in [3.05, 3.63) is 54.1 Å². The molecule has 0 bridgehead atoms. The zero-order valence-corrected chi connectivity index (χ0v) is 14.7. The summed E-state index contributed by atoms with van der Waals surface area (Å²) in [5, 5.41) is 5.76. The highest BCUT2D eigenvalue weighted by molar-refractivity contribution is 5.97. The number of carbonyl (C=O) groups is 2. The van der Waals surface area contributed by atoms with Gasteiger partial charge in [-0.3, -0.25) is 9.59 Å². The van der Waals surface area contributed by atoms with Crippen molar-refractivity contribution >= 4 is 23.2 Å². The molecule has 0 aliphatic rings. The van der Waals surface area contributed by atoms with Crippen LogP contribution in [0.15, 0.2) is 48.5 Å². The van der Waals surface area contributed by atoms with Crippen LogP contribution < -0.4 is 21.1 Å². The average Bonchev–Trinajstić information content (AvgIpc) is 2.64. The third-order valence-electron chi connectivity index (χ3n) is 3.45. The van der Waals surface area contributed by atoms with Gasteiger partial charge in [-0.2, -0.15) is 0 Å². The van der Waals surface area contributed by atoms with Gasteiger partial charge in [-0.25, -0.2) is 0 Å². The van der Waals surface area contributed by atoms with Gasteiger partial charge >= 0.3 is 0 Å². The summed E-state index contributed by atoms with van der Waals surface area (Å²) in [5.41, 5.74) is 6.80. The first kappa shape index (κ1) is 19.3. The summed E-state index contributed by atoms with van der Waals surface area (Å²) in [7, 11) is 0. The first-order chi connectivity index (χ1) is 12.6. The lowest BCUT2D eigenvalue weighted by Crippen LogP contribution is -2.22. The predicted octanol–water partition coefficient (Wildman–Crippen LogP) is 2.25. The van der Waals surface area contributed by atoms with Crippen LogP contribution in [0.25, 0.3) is 0 Å². The van der Waals surface area contributed by atoms with Gasteiger partial charge < -0.3 is 25.8 Å². The Bertz CT molecular complexity index is 749. The van der Waals surface area contributed by atoms with Crippen LogP contribution in [0.1, 0.15) is 17.3 Å². The van der Waals surface area contributed by atoms with Gasteiger partial charge in [-0.15, -0.1) is 0 Å². The maximum absolute atomic E-state index is 12.1. The lowest BCUT2D eigenvalue weighted by molar-refractivity contribution is -0.114. The van der Waals surface area contributed by atoms with E-state index in [9.17, 15) is 9.59 Å². The van der Waals surface area contributed by atoms with Crippen molar-refractivity contribution in [1.29, 1.82) is 0 Å². The number of hydrogen-bond donors (Lipinski definition) is 3. The van der Waals surface area contributed by atoms with Crippen molar-refractivity contribution in [3.63, 3.8) is 0 Å². The number of hydrogen-bond acceptors (Lipinski definition) is 5. The largest absolute Gasteiger partial charge is 0.489 e. The molecular weight excluding hydrogens is 334 g/mol. The van der Waals surface area contributed by atoms with Crippen molar-refractivity contribution in [2.24, 2.45) is 5.73 Å². The molecule has 2 amide bonds. The lowest BCUT2D eigenvalue weighted by Gasteiger charge is -2.13. The normalized spacial score (nSPS) is 10.2. The summed E-state index contributed by atoms with van der Waals surface area (Å²) in [6.07, 6.45) is 0. The number of ether oxygens (including phenoxy) is 2. The molecule has 0 spiro atoms. The molecule has 2 rings (SSSR count). The van der Waals surface area contributed by atoms with E-state index in [2.05, 4.69) is 10.6 Å². The standard InChI is InChI=1S/C19H23N3O4/c1-2-25-10-11-26-17-9-4-3-8-16(17)21-13-18(23)22-15-7-5-6-14(12-15)19(20)24/h3-9,12,21H,2,10-11,13H2,1H3,(H2,20,24)(H,22,23). The molecule has 0 saturated carbocycles. The van der Waals surface area contributed by atoms with E-state index in [1.54, 1.807) is 18.2 Å². The summed E-state index contributed by atoms with van der Waals surface area (Å²) in [4.78, 5) is 23.3. The summed E-state index contributed by atoms with van der Waals surface area (Å²) < 4.78 is 10.9. The number of anilines is 2. The summed E-state index contributed by atoms with van der Waals surface area (Å²) in [5.74, 6) is -0.149. The van der Waals surface area contributed by atoms with Crippen LogP contribution in [0.4, 0.5) is 11.4 Å². The van der Waals surface area contributed by atoms with Crippen molar-refractivity contribution in [2.45, 2.75) is 6.92 Å². The molecule has 0 fully saturated rings. The number of para-hydroxylation sites is 2. The van der Waals surface area contributed by atoms with Crippen molar-refractivity contribution < 1.29 is 19.1 Å². The monoisotopic (exact) mass is 357 g/mol. The van der Waals surface area contributed by atoms with Crippen LogP contribution >= 0.6 is 0 Å². The van der Waals surface area contributed by atoms with Gasteiger partial charge in [0.2, 0.25) is 11.8 Å². The van der Waals surface area contributed by atoms with E-state index in [4.69, 9.17) is 15.2 Å². The Balaban J connectivity index is 1.89. The van der Waals surface area contributed by atoms with Gasteiger partial charge in [-0.1, -0.05) is 18.2 Å². The Hall–Kier alpha value is -3.06. The lowest BCUT2D eigenvalue weighted by atomic mass is 10.2. The minimum atomic E-state index is -0.544. The molecule has 0 heterocycles. The molecular formula is C19H23N3O4. The van der Waals surface area contributed by atoms with E-state index in [1.165, 1.54) is 6.07 Å². The molecule has 7 nitrogen and oxygen atoms in total. The fraction of sp³-hybridized carbons (Fsp3) is 0.263. The van der Waals surface area contributed by atoms with Gasteiger partial charge in [0.1, 0.15) is 12.4 Å². The van der Waals surface area contributed by atoms with Gasteiger partial charge in [0.25, 0.3) is 0 Å². The highest BCUT2D eigenvalue weighted by atomic mass is 16.5. The second kappa shape index (κ2) is 10.0. The maximum Gasteiger partial charge on any atom is 0.248 e. The average molecular weight is 357 g/mol. The maximum atomic E-state index is 12.1.